The third-order valence-electron chi connectivity index (χ3n) is 2.71. The number of hydrogen-bond donors (Lipinski definition) is 0. The smallest absolute Gasteiger partial charge is 0.277 e. The highest BCUT2D eigenvalue weighted by Gasteiger charge is 2.17. The summed E-state index contributed by atoms with van der Waals surface area (Å²) in [4.78, 5) is 0. The van der Waals surface area contributed by atoms with Crippen LogP contribution in [0.2, 0.25) is 0 Å². The molecule has 1 heterocycles. The molecule has 118 valence electrons. The first-order chi connectivity index (χ1) is 10.7. The van der Waals surface area contributed by atoms with E-state index < -0.39 is 0 Å². The molecule has 1 aromatic heterocycles. The number of methoxy groups -OCH3 is 3. The van der Waals surface area contributed by atoms with Crippen molar-refractivity contribution < 1.29 is 18.6 Å². The summed E-state index contributed by atoms with van der Waals surface area (Å²) >= 11 is 6.85. The fraction of sp³-hybridized carbons (Fsp3) is 0.286. The van der Waals surface area contributed by atoms with E-state index in [1.165, 1.54) is 17.3 Å². The van der Waals surface area contributed by atoms with Crippen LogP contribution in [0.3, 0.4) is 0 Å². The van der Waals surface area contributed by atoms with E-state index in [1.807, 2.05) is 0 Å². The van der Waals surface area contributed by atoms with Crippen LogP contribution in [0.25, 0.3) is 11.5 Å². The second kappa shape index (κ2) is 7.95. The van der Waals surface area contributed by atoms with Crippen LogP contribution in [-0.2, 0) is 0 Å². The first-order valence-electron chi connectivity index (χ1n) is 6.25. The first kappa shape index (κ1) is 16.5. The second-order valence-corrected chi connectivity index (χ2v) is 5.18. The lowest BCUT2D eigenvalue weighted by molar-refractivity contribution is 0.324. The summed E-state index contributed by atoms with van der Waals surface area (Å²) in [6.07, 6.45) is 1.79. The predicted octanol–water partition coefficient (Wildman–Crippen LogP) is 3.61. The molecule has 0 radical (unpaired) electrons. The molecule has 0 bridgehead atoms. The minimum absolute atomic E-state index is 0.372. The largest absolute Gasteiger partial charge is 0.493 e. The van der Waals surface area contributed by atoms with Gasteiger partial charge in [0.25, 0.3) is 5.22 Å². The molecule has 6 nitrogen and oxygen atoms in total. The van der Waals surface area contributed by atoms with E-state index >= 15 is 0 Å². The average Bonchev–Trinajstić information content (AvgIpc) is 3.02. The van der Waals surface area contributed by atoms with Gasteiger partial charge in [-0.3, -0.25) is 0 Å². The van der Waals surface area contributed by atoms with Crippen LogP contribution in [0.1, 0.15) is 0 Å². The van der Waals surface area contributed by atoms with E-state index in [4.69, 9.17) is 30.2 Å². The van der Waals surface area contributed by atoms with Crippen LogP contribution in [0.15, 0.2) is 33.4 Å². The van der Waals surface area contributed by atoms with Gasteiger partial charge in [0.05, 0.1) is 21.3 Å². The molecule has 0 fully saturated rings. The number of aromatic nitrogens is 2. The van der Waals surface area contributed by atoms with Gasteiger partial charge in [0.15, 0.2) is 11.5 Å². The Balaban J connectivity index is 2.32. The van der Waals surface area contributed by atoms with Gasteiger partial charge in [-0.1, -0.05) is 29.4 Å². The van der Waals surface area contributed by atoms with Gasteiger partial charge in [-0.2, -0.15) is 0 Å². The van der Waals surface area contributed by atoms with E-state index in [-0.39, 0.29) is 0 Å². The van der Waals surface area contributed by atoms with Gasteiger partial charge in [0, 0.05) is 16.9 Å². The van der Waals surface area contributed by atoms with Crippen molar-refractivity contribution in [1.29, 1.82) is 0 Å². The number of rotatable bonds is 7. The van der Waals surface area contributed by atoms with Crippen molar-refractivity contribution in [2.75, 3.05) is 27.1 Å². The number of nitrogens with zero attached hydrogens (tertiary/aromatic N) is 2. The maximum Gasteiger partial charge on any atom is 0.277 e. The Morgan fingerprint density at radius 2 is 1.82 bits per heavy atom. The van der Waals surface area contributed by atoms with Crippen molar-refractivity contribution in [3.05, 3.63) is 23.7 Å². The van der Waals surface area contributed by atoms with Crippen LogP contribution < -0.4 is 14.2 Å². The summed E-state index contributed by atoms with van der Waals surface area (Å²) in [5.74, 6) is 2.58. The molecule has 0 saturated carbocycles. The van der Waals surface area contributed by atoms with Crippen molar-refractivity contribution >= 4 is 23.4 Å². The zero-order chi connectivity index (χ0) is 15.9. The Bertz CT molecular complexity index is 635. The van der Waals surface area contributed by atoms with Crippen LogP contribution in [0.5, 0.6) is 17.2 Å². The highest BCUT2D eigenvalue weighted by molar-refractivity contribution is 7.99. The number of benzene rings is 1. The lowest BCUT2D eigenvalue weighted by atomic mass is 10.2. The first-order valence-corrected chi connectivity index (χ1v) is 7.67. The van der Waals surface area contributed by atoms with Gasteiger partial charge in [0.1, 0.15) is 0 Å². The number of thioether (sulfide) groups is 1. The lowest BCUT2D eigenvalue weighted by Crippen LogP contribution is -1.95. The predicted molar refractivity (Wildman–Crippen MR) is 85.1 cm³/mol. The Labute approximate surface area is 137 Å². The van der Waals surface area contributed by atoms with Gasteiger partial charge in [-0.15, -0.1) is 10.2 Å². The van der Waals surface area contributed by atoms with Gasteiger partial charge in [-0.05, 0) is 12.1 Å². The highest BCUT2D eigenvalue weighted by Crippen LogP contribution is 2.41. The summed E-state index contributed by atoms with van der Waals surface area (Å²) in [5.41, 5.74) is 2.13. The quantitative estimate of drug-likeness (QED) is 0.712. The molecule has 0 atom stereocenters. The Hall–Kier alpha value is -1.86. The maximum atomic E-state index is 5.60. The van der Waals surface area contributed by atoms with Gasteiger partial charge in [0.2, 0.25) is 11.6 Å². The monoisotopic (exact) mass is 342 g/mol. The molecule has 0 saturated heterocycles. The van der Waals surface area contributed by atoms with Crippen molar-refractivity contribution in [2.24, 2.45) is 0 Å². The molecule has 0 aliphatic carbocycles. The van der Waals surface area contributed by atoms with Crippen molar-refractivity contribution in [2.45, 2.75) is 5.22 Å². The lowest BCUT2D eigenvalue weighted by Gasteiger charge is -2.12. The number of halogens is 1. The SMILES string of the molecule is COc1cc(-c2nnc(SC/C=C/Cl)o2)cc(OC)c1OC. The normalized spacial score (nSPS) is 10.9. The minimum atomic E-state index is 0.372. The van der Waals surface area contributed by atoms with E-state index in [0.717, 1.165) is 0 Å². The standard InChI is InChI=1S/C14H15ClN2O4S/c1-18-10-7-9(8-11(19-2)12(10)20-3)13-16-17-14(21-13)22-6-4-5-15/h4-5,7-8H,6H2,1-3H3/b5-4+. The van der Waals surface area contributed by atoms with Crippen LogP contribution >= 0.6 is 23.4 Å². The summed E-state index contributed by atoms with van der Waals surface area (Å²) < 4.78 is 21.5. The highest BCUT2D eigenvalue weighted by atomic mass is 35.5. The molecule has 0 aliphatic rings. The summed E-state index contributed by atoms with van der Waals surface area (Å²) in [6, 6.07) is 3.50. The van der Waals surface area contributed by atoms with Gasteiger partial charge >= 0.3 is 0 Å². The molecular weight excluding hydrogens is 328 g/mol. The van der Waals surface area contributed by atoms with E-state index in [0.29, 0.717) is 39.7 Å². The molecule has 2 rings (SSSR count). The van der Waals surface area contributed by atoms with E-state index in [2.05, 4.69) is 10.2 Å². The molecule has 8 heteroatoms. The molecule has 2 aromatic rings. The summed E-state index contributed by atoms with van der Waals surface area (Å²) in [6.45, 7) is 0. The fourth-order valence-corrected chi connectivity index (χ4v) is 2.51. The number of ether oxygens (including phenoxy) is 3. The third-order valence-corrected chi connectivity index (χ3v) is 3.66. The van der Waals surface area contributed by atoms with Crippen molar-refractivity contribution in [1.82, 2.24) is 10.2 Å². The van der Waals surface area contributed by atoms with E-state index in [1.54, 1.807) is 39.5 Å². The molecule has 0 unspecified atom stereocenters. The molecule has 22 heavy (non-hydrogen) atoms. The zero-order valence-electron chi connectivity index (χ0n) is 12.3. The molecule has 0 aliphatic heterocycles. The second-order valence-electron chi connectivity index (χ2n) is 3.96. The Morgan fingerprint density at radius 3 is 2.36 bits per heavy atom. The topological polar surface area (TPSA) is 66.6 Å². The van der Waals surface area contributed by atoms with Crippen molar-refractivity contribution in [3.8, 4) is 28.7 Å². The van der Waals surface area contributed by atoms with Gasteiger partial charge < -0.3 is 18.6 Å². The zero-order valence-corrected chi connectivity index (χ0v) is 13.9. The minimum Gasteiger partial charge on any atom is -0.493 e. The molecule has 1 aromatic carbocycles. The molecule has 0 N–H and O–H groups in total. The van der Waals surface area contributed by atoms with E-state index in [9.17, 15) is 0 Å². The number of hydrogen-bond acceptors (Lipinski definition) is 7. The Morgan fingerprint density at radius 1 is 1.14 bits per heavy atom. The average molecular weight is 343 g/mol. The van der Waals surface area contributed by atoms with Crippen LogP contribution in [0, 0.1) is 0 Å². The van der Waals surface area contributed by atoms with Crippen molar-refractivity contribution in [3.63, 3.8) is 0 Å². The van der Waals surface area contributed by atoms with Gasteiger partial charge in [-0.25, -0.2) is 0 Å². The summed E-state index contributed by atoms with van der Waals surface area (Å²) in [5, 5.41) is 8.46. The maximum absolute atomic E-state index is 5.60. The Kier molecular flexibility index (Phi) is 5.97. The van der Waals surface area contributed by atoms with Crippen LogP contribution in [-0.4, -0.2) is 37.3 Å². The fourth-order valence-electron chi connectivity index (χ4n) is 1.75. The molecular formula is C14H15ClN2O4S. The summed E-state index contributed by atoms with van der Waals surface area (Å²) in [7, 11) is 4.65. The third kappa shape index (κ3) is 3.66. The van der Waals surface area contributed by atoms with Crippen LogP contribution in [0.4, 0.5) is 0 Å². The molecule has 0 spiro atoms. The molecule has 0 amide bonds.